The third-order valence-corrected chi connectivity index (χ3v) is 6.61. The average molecular weight is 418 g/mol. The molecule has 3 atom stereocenters. The van der Waals surface area contributed by atoms with E-state index in [0.717, 1.165) is 28.6 Å². The van der Waals surface area contributed by atoms with Crippen molar-refractivity contribution in [1.82, 2.24) is 9.88 Å². The van der Waals surface area contributed by atoms with Gasteiger partial charge in [0, 0.05) is 18.0 Å². The summed E-state index contributed by atoms with van der Waals surface area (Å²) < 4.78 is 11.3. The largest absolute Gasteiger partial charge is 0.491 e. The van der Waals surface area contributed by atoms with Gasteiger partial charge in [-0.05, 0) is 43.2 Å². The highest BCUT2D eigenvalue weighted by Crippen LogP contribution is 2.50. The summed E-state index contributed by atoms with van der Waals surface area (Å²) >= 11 is 8.40. The Morgan fingerprint density at radius 2 is 2.14 bits per heavy atom. The van der Waals surface area contributed by atoms with Gasteiger partial charge in [-0.2, -0.15) is 0 Å². The minimum absolute atomic E-state index is 0.0347. The summed E-state index contributed by atoms with van der Waals surface area (Å²) in [6.45, 7) is 4.73. The first-order valence-corrected chi connectivity index (χ1v) is 10.9. The molecule has 3 heterocycles. The molecule has 1 saturated heterocycles. The minimum Gasteiger partial charge on any atom is -0.491 e. The first-order valence-electron chi connectivity index (χ1n) is 9.58. The molecule has 0 radical (unpaired) electrons. The van der Waals surface area contributed by atoms with Gasteiger partial charge < -0.3 is 14.4 Å². The van der Waals surface area contributed by atoms with E-state index < -0.39 is 0 Å². The number of pyridine rings is 1. The van der Waals surface area contributed by atoms with Crippen LogP contribution in [0.5, 0.6) is 11.5 Å². The van der Waals surface area contributed by atoms with Crippen molar-refractivity contribution in [2.24, 2.45) is 4.99 Å². The second-order valence-corrected chi connectivity index (χ2v) is 8.20. The van der Waals surface area contributed by atoms with Crippen molar-refractivity contribution in [1.29, 1.82) is 0 Å². The monoisotopic (exact) mass is 417 g/mol. The molecule has 0 unspecified atom stereocenters. The van der Waals surface area contributed by atoms with Gasteiger partial charge in [-0.3, -0.25) is 9.98 Å². The van der Waals surface area contributed by atoms with Gasteiger partial charge in [-0.25, -0.2) is 0 Å². The van der Waals surface area contributed by atoms with Crippen LogP contribution in [0.15, 0.2) is 41.5 Å². The lowest BCUT2D eigenvalue weighted by molar-refractivity contribution is 0.253. The van der Waals surface area contributed by atoms with Crippen molar-refractivity contribution >= 4 is 28.5 Å². The van der Waals surface area contributed by atoms with Crippen molar-refractivity contribution in [2.75, 3.05) is 19.5 Å². The van der Waals surface area contributed by atoms with Crippen LogP contribution in [-0.4, -0.2) is 40.6 Å². The fraction of sp³-hybridized carbons (Fsp3) is 0.429. The van der Waals surface area contributed by atoms with Crippen LogP contribution in [0.1, 0.15) is 43.6 Å². The maximum atomic E-state index is 6.57. The van der Waals surface area contributed by atoms with Gasteiger partial charge in [0.15, 0.2) is 16.7 Å². The summed E-state index contributed by atoms with van der Waals surface area (Å²) in [5.41, 5.74) is 2.04. The van der Waals surface area contributed by atoms with E-state index in [4.69, 9.17) is 26.1 Å². The molecule has 0 bridgehead atoms. The molecule has 2 aliphatic heterocycles. The zero-order valence-corrected chi connectivity index (χ0v) is 17.8. The molecule has 2 aliphatic rings. The molecular weight excluding hydrogens is 394 g/mol. The Bertz CT molecular complexity index is 877. The van der Waals surface area contributed by atoms with Gasteiger partial charge in [0.1, 0.15) is 6.04 Å². The van der Waals surface area contributed by atoms with Crippen LogP contribution in [-0.2, 0) is 0 Å². The number of halogens is 1. The minimum atomic E-state index is -0.0722. The highest BCUT2D eigenvalue weighted by molar-refractivity contribution is 8.14. The van der Waals surface area contributed by atoms with Crippen molar-refractivity contribution in [3.63, 3.8) is 0 Å². The summed E-state index contributed by atoms with van der Waals surface area (Å²) in [6, 6.07) is 10.4. The van der Waals surface area contributed by atoms with Gasteiger partial charge in [0.05, 0.1) is 30.5 Å². The molecule has 0 aliphatic carbocycles. The van der Waals surface area contributed by atoms with Crippen molar-refractivity contribution in [3.8, 4) is 11.5 Å². The predicted octanol–water partition coefficient (Wildman–Crippen LogP) is 5.12. The molecule has 1 aromatic heterocycles. The van der Waals surface area contributed by atoms with Gasteiger partial charge in [-0.15, -0.1) is 0 Å². The van der Waals surface area contributed by atoms with E-state index in [-0.39, 0.29) is 12.1 Å². The Kier molecular flexibility index (Phi) is 5.69. The molecule has 1 fully saturated rings. The fourth-order valence-electron chi connectivity index (χ4n) is 3.93. The lowest BCUT2D eigenvalue weighted by atomic mass is 9.95. The Morgan fingerprint density at radius 1 is 1.29 bits per heavy atom. The van der Waals surface area contributed by atoms with Crippen LogP contribution in [0.3, 0.4) is 0 Å². The SMILES string of the molecule is CCOc1cc([C@H]2[C@H](c3ccccn3)N=C3SC[C@@H](CC)N32)cc(Cl)c1OC. The van der Waals surface area contributed by atoms with E-state index in [1.54, 1.807) is 7.11 Å². The number of nitrogens with zero attached hydrogens (tertiary/aromatic N) is 3. The van der Waals surface area contributed by atoms with Crippen LogP contribution >= 0.6 is 23.4 Å². The van der Waals surface area contributed by atoms with Crippen molar-refractivity contribution in [3.05, 3.63) is 52.8 Å². The Hall–Kier alpha value is -1.92. The summed E-state index contributed by atoms with van der Waals surface area (Å²) in [7, 11) is 1.61. The molecule has 0 N–H and O–H groups in total. The molecule has 0 spiro atoms. The first-order chi connectivity index (χ1) is 13.7. The number of amidine groups is 1. The maximum Gasteiger partial charge on any atom is 0.179 e. The molecule has 7 heteroatoms. The summed E-state index contributed by atoms with van der Waals surface area (Å²) in [5.74, 6) is 2.30. The highest BCUT2D eigenvalue weighted by atomic mass is 35.5. The molecular formula is C21H24ClN3O2S. The van der Waals surface area contributed by atoms with E-state index in [0.29, 0.717) is 29.2 Å². The van der Waals surface area contributed by atoms with Gasteiger partial charge >= 0.3 is 0 Å². The normalized spacial score (nSPS) is 23.5. The van der Waals surface area contributed by atoms with Gasteiger partial charge in [-0.1, -0.05) is 36.4 Å². The van der Waals surface area contributed by atoms with Crippen molar-refractivity contribution < 1.29 is 9.47 Å². The number of aliphatic imine (C=N–C) groups is 1. The summed E-state index contributed by atoms with van der Waals surface area (Å²) in [4.78, 5) is 12.1. The zero-order chi connectivity index (χ0) is 19.7. The topological polar surface area (TPSA) is 47.0 Å². The second-order valence-electron chi connectivity index (χ2n) is 6.80. The molecule has 2 aromatic rings. The number of aromatic nitrogens is 1. The Labute approximate surface area is 175 Å². The molecule has 4 rings (SSSR count). The van der Waals surface area contributed by atoms with E-state index in [1.165, 1.54) is 0 Å². The lowest BCUT2D eigenvalue weighted by Crippen LogP contribution is -2.35. The van der Waals surface area contributed by atoms with E-state index in [2.05, 4.69) is 16.8 Å². The summed E-state index contributed by atoms with van der Waals surface area (Å²) in [5, 5.41) is 1.65. The molecule has 0 saturated carbocycles. The maximum absolute atomic E-state index is 6.57. The number of benzene rings is 1. The molecule has 5 nitrogen and oxygen atoms in total. The zero-order valence-electron chi connectivity index (χ0n) is 16.3. The van der Waals surface area contributed by atoms with Crippen LogP contribution in [0.25, 0.3) is 0 Å². The standard InChI is InChI=1S/C21H24ClN3O2S/c1-4-14-12-28-21-24-18(16-8-6-7-9-23-16)19(25(14)21)13-10-15(22)20(26-3)17(11-13)27-5-2/h6-11,14,18-19H,4-5,12H2,1-3H3/t14-,18+,19+/m1/s1. The summed E-state index contributed by atoms with van der Waals surface area (Å²) in [6.07, 6.45) is 2.90. The lowest BCUT2D eigenvalue weighted by Gasteiger charge is -2.32. The third kappa shape index (κ3) is 3.33. The van der Waals surface area contributed by atoms with Crippen LogP contribution in [0.2, 0.25) is 5.02 Å². The number of ether oxygens (including phenoxy) is 2. The molecule has 1 aromatic carbocycles. The molecule has 28 heavy (non-hydrogen) atoms. The van der Waals surface area contributed by atoms with Gasteiger partial charge in [0.2, 0.25) is 0 Å². The number of hydrogen-bond acceptors (Lipinski definition) is 6. The van der Waals surface area contributed by atoms with Gasteiger partial charge in [0.25, 0.3) is 0 Å². The number of thioether (sulfide) groups is 1. The second kappa shape index (κ2) is 8.21. The van der Waals surface area contributed by atoms with E-state index in [9.17, 15) is 0 Å². The van der Waals surface area contributed by atoms with E-state index >= 15 is 0 Å². The van der Waals surface area contributed by atoms with Crippen LogP contribution < -0.4 is 9.47 Å². The predicted molar refractivity (Wildman–Crippen MR) is 115 cm³/mol. The number of rotatable bonds is 6. The quantitative estimate of drug-likeness (QED) is 0.652. The average Bonchev–Trinajstić information content (AvgIpc) is 3.27. The third-order valence-electron chi connectivity index (χ3n) is 5.21. The Balaban J connectivity index is 1.82. The van der Waals surface area contributed by atoms with E-state index in [1.807, 2.05) is 55.2 Å². The first kappa shape index (κ1) is 19.4. The van der Waals surface area contributed by atoms with Crippen molar-refractivity contribution in [2.45, 2.75) is 38.4 Å². The molecule has 148 valence electrons. The number of fused-ring (bicyclic) bond motifs is 1. The fourth-order valence-corrected chi connectivity index (χ4v) is 5.56. The van der Waals surface area contributed by atoms with Crippen LogP contribution in [0, 0.1) is 0 Å². The smallest absolute Gasteiger partial charge is 0.179 e. The number of methoxy groups -OCH3 is 1. The van der Waals surface area contributed by atoms with Crippen LogP contribution in [0.4, 0.5) is 0 Å². The number of hydrogen-bond donors (Lipinski definition) is 0. The highest BCUT2D eigenvalue weighted by Gasteiger charge is 2.45. The molecule has 0 amide bonds. The Morgan fingerprint density at radius 3 is 2.82 bits per heavy atom.